The number of furan rings is 1. The fraction of sp³-hybridized carbons (Fsp3) is 0.333. The smallest absolute Gasteiger partial charge is 0.105 e. The molecule has 18 heavy (non-hydrogen) atoms. The van der Waals surface area contributed by atoms with Gasteiger partial charge in [0, 0.05) is 10.6 Å². The number of halogens is 1. The molecule has 2 nitrogen and oxygen atoms in total. The Bertz CT molecular complexity index is 507. The van der Waals surface area contributed by atoms with E-state index in [2.05, 4.69) is 18.3 Å². The molecule has 1 unspecified atom stereocenters. The molecule has 0 radical (unpaired) electrons. The SMILES string of the molecule is CCCNC(c1ccccc1Cl)c1ccoc1C. The van der Waals surface area contributed by atoms with Crippen molar-refractivity contribution in [3.63, 3.8) is 0 Å². The van der Waals surface area contributed by atoms with Gasteiger partial charge in [-0.2, -0.15) is 0 Å². The Hall–Kier alpha value is -1.25. The minimum atomic E-state index is 0.0948. The van der Waals surface area contributed by atoms with Gasteiger partial charge in [0.25, 0.3) is 0 Å². The first-order valence-corrected chi connectivity index (χ1v) is 6.63. The van der Waals surface area contributed by atoms with Crippen molar-refractivity contribution in [2.45, 2.75) is 26.3 Å². The third-order valence-corrected chi connectivity index (χ3v) is 3.37. The fourth-order valence-corrected chi connectivity index (χ4v) is 2.32. The van der Waals surface area contributed by atoms with Crippen LogP contribution < -0.4 is 5.32 Å². The first-order valence-electron chi connectivity index (χ1n) is 6.25. The summed E-state index contributed by atoms with van der Waals surface area (Å²) < 4.78 is 5.40. The van der Waals surface area contributed by atoms with Gasteiger partial charge in [-0.15, -0.1) is 0 Å². The Balaban J connectivity index is 2.37. The van der Waals surface area contributed by atoms with Gasteiger partial charge >= 0.3 is 0 Å². The van der Waals surface area contributed by atoms with Gasteiger partial charge < -0.3 is 9.73 Å². The van der Waals surface area contributed by atoms with Crippen LogP contribution in [0.15, 0.2) is 41.0 Å². The van der Waals surface area contributed by atoms with Crippen LogP contribution >= 0.6 is 11.6 Å². The average Bonchev–Trinajstić information content (AvgIpc) is 2.78. The van der Waals surface area contributed by atoms with Crippen LogP contribution in [-0.2, 0) is 0 Å². The van der Waals surface area contributed by atoms with E-state index in [0.717, 1.165) is 34.9 Å². The Kier molecular flexibility index (Phi) is 4.45. The predicted molar refractivity (Wildman–Crippen MR) is 75.0 cm³/mol. The van der Waals surface area contributed by atoms with Crippen molar-refractivity contribution in [3.05, 3.63) is 58.5 Å². The maximum Gasteiger partial charge on any atom is 0.105 e. The van der Waals surface area contributed by atoms with Gasteiger partial charge in [0.1, 0.15) is 5.76 Å². The molecular weight excluding hydrogens is 246 g/mol. The van der Waals surface area contributed by atoms with Crippen molar-refractivity contribution in [1.29, 1.82) is 0 Å². The third-order valence-electron chi connectivity index (χ3n) is 3.02. The van der Waals surface area contributed by atoms with Crippen LogP contribution in [0.5, 0.6) is 0 Å². The molecule has 0 aliphatic rings. The average molecular weight is 264 g/mol. The van der Waals surface area contributed by atoms with E-state index in [-0.39, 0.29) is 6.04 Å². The summed E-state index contributed by atoms with van der Waals surface area (Å²) >= 11 is 6.30. The summed E-state index contributed by atoms with van der Waals surface area (Å²) in [6, 6.07) is 10.0. The molecule has 0 saturated heterocycles. The fourth-order valence-electron chi connectivity index (χ4n) is 2.08. The zero-order chi connectivity index (χ0) is 13.0. The van der Waals surface area contributed by atoms with E-state index >= 15 is 0 Å². The summed E-state index contributed by atoms with van der Waals surface area (Å²) in [7, 11) is 0. The van der Waals surface area contributed by atoms with E-state index in [9.17, 15) is 0 Å². The molecule has 0 fully saturated rings. The minimum absolute atomic E-state index is 0.0948. The number of rotatable bonds is 5. The summed E-state index contributed by atoms with van der Waals surface area (Å²) in [4.78, 5) is 0. The molecule has 3 heteroatoms. The molecule has 0 aliphatic heterocycles. The Morgan fingerprint density at radius 3 is 2.61 bits per heavy atom. The summed E-state index contributed by atoms with van der Waals surface area (Å²) in [5.74, 6) is 0.934. The summed E-state index contributed by atoms with van der Waals surface area (Å²) in [5.41, 5.74) is 2.24. The molecule has 0 saturated carbocycles. The van der Waals surface area contributed by atoms with Crippen LogP contribution in [0, 0.1) is 6.92 Å². The van der Waals surface area contributed by atoms with Gasteiger partial charge in [-0.3, -0.25) is 0 Å². The first-order chi connectivity index (χ1) is 8.74. The van der Waals surface area contributed by atoms with E-state index in [1.807, 2.05) is 31.2 Å². The van der Waals surface area contributed by atoms with E-state index in [1.54, 1.807) is 6.26 Å². The lowest BCUT2D eigenvalue weighted by Gasteiger charge is -2.19. The van der Waals surface area contributed by atoms with Crippen molar-refractivity contribution in [1.82, 2.24) is 5.32 Å². The summed E-state index contributed by atoms with van der Waals surface area (Å²) in [6.07, 6.45) is 2.81. The van der Waals surface area contributed by atoms with E-state index < -0.39 is 0 Å². The van der Waals surface area contributed by atoms with Crippen LogP contribution in [0.1, 0.15) is 36.3 Å². The summed E-state index contributed by atoms with van der Waals surface area (Å²) in [5, 5.41) is 4.31. The van der Waals surface area contributed by atoms with Crippen LogP contribution in [0.2, 0.25) is 5.02 Å². The molecular formula is C15H18ClNO. The second kappa shape index (κ2) is 6.07. The molecule has 1 heterocycles. The number of hydrogen-bond donors (Lipinski definition) is 1. The van der Waals surface area contributed by atoms with Crippen molar-refractivity contribution < 1.29 is 4.42 Å². The Labute approximate surface area is 113 Å². The standard InChI is InChI=1S/C15H18ClNO/c1-3-9-17-15(12-8-10-18-11(12)2)13-6-4-5-7-14(13)16/h4-8,10,15,17H,3,9H2,1-2H3. The van der Waals surface area contributed by atoms with Gasteiger partial charge in [0.2, 0.25) is 0 Å². The van der Waals surface area contributed by atoms with Crippen LogP contribution in [0.3, 0.4) is 0 Å². The van der Waals surface area contributed by atoms with E-state index in [0.29, 0.717) is 0 Å². The second-order valence-corrected chi connectivity index (χ2v) is 4.75. The quantitative estimate of drug-likeness (QED) is 0.869. The maximum atomic E-state index is 6.30. The van der Waals surface area contributed by atoms with Crippen molar-refractivity contribution >= 4 is 11.6 Å². The Morgan fingerprint density at radius 2 is 2.00 bits per heavy atom. The predicted octanol–water partition coefficient (Wildman–Crippen LogP) is 4.33. The molecule has 0 amide bonds. The lowest BCUT2D eigenvalue weighted by Crippen LogP contribution is -2.23. The molecule has 0 aliphatic carbocycles. The lowest BCUT2D eigenvalue weighted by molar-refractivity contribution is 0.517. The molecule has 96 valence electrons. The number of aryl methyl sites for hydroxylation is 1. The molecule has 1 N–H and O–H groups in total. The maximum absolute atomic E-state index is 6.30. The number of hydrogen-bond acceptors (Lipinski definition) is 2. The highest BCUT2D eigenvalue weighted by Crippen LogP contribution is 2.30. The number of nitrogens with one attached hydrogen (secondary N) is 1. The zero-order valence-corrected chi connectivity index (χ0v) is 11.5. The summed E-state index contributed by atoms with van der Waals surface area (Å²) in [6.45, 7) is 5.08. The largest absolute Gasteiger partial charge is 0.469 e. The highest BCUT2D eigenvalue weighted by Gasteiger charge is 2.19. The third kappa shape index (κ3) is 2.77. The Morgan fingerprint density at radius 1 is 1.22 bits per heavy atom. The monoisotopic (exact) mass is 263 g/mol. The van der Waals surface area contributed by atoms with E-state index in [4.69, 9.17) is 16.0 Å². The van der Waals surface area contributed by atoms with E-state index in [1.165, 1.54) is 0 Å². The molecule has 2 rings (SSSR count). The molecule has 1 aromatic heterocycles. The molecule has 1 aromatic carbocycles. The highest BCUT2D eigenvalue weighted by molar-refractivity contribution is 6.31. The first kappa shape index (κ1) is 13.2. The van der Waals surface area contributed by atoms with Gasteiger partial charge in [-0.25, -0.2) is 0 Å². The van der Waals surface area contributed by atoms with Gasteiger partial charge in [0.05, 0.1) is 12.3 Å². The topological polar surface area (TPSA) is 25.2 Å². The molecule has 0 spiro atoms. The normalized spacial score (nSPS) is 12.6. The number of benzene rings is 1. The van der Waals surface area contributed by atoms with Crippen molar-refractivity contribution in [2.75, 3.05) is 6.54 Å². The zero-order valence-electron chi connectivity index (χ0n) is 10.7. The second-order valence-electron chi connectivity index (χ2n) is 4.34. The van der Waals surface area contributed by atoms with Crippen molar-refractivity contribution in [3.8, 4) is 0 Å². The van der Waals surface area contributed by atoms with Crippen LogP contribution in [-0.4, -0.2) is 6.54 Å². The highest BCUT2D eigenvalue weighted by atomic mass is 35.5. The van der Waals surface area contributed by atoms with Crippen molar-refractivity contribution in [2.24, 2.45) is 0 Å². The molecule has 1 atom stereocenters. The van der Waals surface area contributed by atoms with Gasteiger partial charge in [-0.05, 0) is 37.6 Å². The van der Waals surface area contributed by atoms with Crippen LogP contribution in [0.4, 0.5) is 0 Å². The van der Waals surface area contributed by atoms with Crippen LogP contribution in [0.25, 0.3) is 0 Å². The van der Waals surface area contributed by atoms with Gasteiger partial charge in [-0.1, -0.05) is 36.7 Å². The lowest BCUT2D eigenvalue weighted by atomic mass is 9.99. The van der Waals surface area contributed by atoms with Gasteiger partial charge in [0.15, 0.2) is 0 Å². The molecule has 0 bridgehead atoms. The minimum Gasteiger partial charge on any atom is -0.469 e. The molecule has 2 aromatic rings.